The van der Waals surface area contributed by atoms with Gasteiger partial charge in [-0.1, -0.05) is 91.0 Å². The fourth-order valence-electron chi connectivity index (χ4n) is 2.54. The van der Waals surface area contributed by atoms with Gasteiger partial charge in [0.25, 0.3) is 8.32 Å². The Labute approximate surface area is 137 Å². The Kier molecular flexibility index (Phi) is 5.17. The number of hydrogen-bond donors (Lipinski definition) is 1. The van der Waals surface area contributed by atoms with Crippen LogP contribution in [0.25, 0.3) is 0 Å². The van der Waals surface area contributed by atoms with Crippen molar-refractivity contribution in [1.29, 1.82) is 0 Å². The zero-order chi connectivity index (χ0) is 13.8. The summed E-state index contributed by atoms with van der Waals surface area (Å²) in [5.41, 5.74) is 0. The molecule has 3 aromatic rings. The van der Waals surface area contributed by atoms with Crippen LogP contribution in [-0.4, -0.2) is 30.5 Å². The number of rotatable bonds is 3. The molecule has 0 unspecified atom stereocenters. The van der Waals surface area contributed by atoms with Gasteiger partial charge in [0.2, 0.25) is 0 Å². The first-order valence-electron chi connectivity index (χ1n) is 6.71. The quantitative estimate of drug-likeness (QED) is 0.571. The molecule has 0 bridgehead atoms. The molecular formula is C18H16AlOSi+3. The summed E-state index contributed by atoms with van der Waals surface area (Å²) >= 11 is 0. The van der Waals surface area contributed by atoms with E-state index in [-0.39, 0.29) is 17.4 Å². The summed E-state index contributed by atoms with van der Waals surface area (Å²) in [7, 11) is -2.88. The molecule has 3 heteroatoms. The van der Waals surface area contributed by atoms with E-state index in [4.69, 9.17) is 0 Å². The van der Waals surface area contributed by atoms with Crippen molar-refractivity contribution in [2.24, 2.45) is 0 Å². The fourth-order valence-corrected chi connectivity index (χ4v) is 5.56. The van der Waals surface area contributed by atoms with E-state index in [2.05, 4.69) is 0 Å². The second kappa shape index (κ2) is 6.89. The molecule has 0 radical (unpaired) electrons. The number of hydrogen-bond acceptors (Lipinski definition) is 1. The molecule has 98 valence electrons. The summed E-state index contributed by atoms with van der Waals surface area (Å²) in [6, 6.07) is 30.0. The first-order valence-corrected chi connectivity index (χ1v) is 8.65. The molecule has 0 saturated carbocycles. The van der Waals surface area contributed by atoms with Crippen LogP contribution in [0, 0.1) is 0 Å². The van der Waals surface area contributed by atoms with Crippen LogP contribution in [0.15, 0.2) is 91.0 Å². The van der Waals surface area contributed by atoms with Crippen molar-refractivity contribution in [2.45, 2.75) is 0 Å². The molecule has 0 spiro atoms. The smallest absolute Gasteiger partial charge is 0.421 e. The standard InChI is InChI=1S/C18H16OSi.Al/c19-20(16-10-4-1-5-11-16,17-12-6-2-7-13-17)18-14-8-3-9-15-18;/h1-15,19H;/q;+3. The molecule has 0 aliphatic heterocycles. The third kappa shape index (κ3) is 3.02. The molecule has 0 aliphatic carbocycles. The Morgan fingerprint density at radius 3 is 0.952 bits per heavy atom. The van der Waals surface area contributed by atoms with Gasteiger partial charge in [-0.25, -0.2) is 0 Å². The van der Waals surface area contributed by atoms with Gasteiger partial charge in [-0.3, -0.25) is 0 Å². The summed E-state index contributed by atoms with van der Waals surface area (Å²) in [5.74, 6) is 0. The van der Waals surface area contributed by atoms with Crippen molar-refractivity contribution in [2.75, 3.05) is 0 Å². The summed E-state index contributed by atoms with van der Waals surface area (Å²) in [5, 5.41) is 3.03. The molecule has 0 saturated heterocycles. The molecule has 0 fully saturated rings. The Morgan fingerprint density at radius 1 is 0.476 bits per heavy atom. The van der Waals surface area contributed by atoms with Crippen molar-refractivity contribution < 1.29 is 4.80 Å². The minimum Gasteiger partial charge on any atom is -0.421 e. The molecule has 0 aliphatic rings. The van der Waals surface area contributed by atoms with Crippen molar-refractivity contribution in [3.05, 3.63) is 91.0 Å². The average molecular weight is 303 g/mol. The van der Waals surface area contributed by atoms with Gasteiger partial charge in [-0.05, 0) is 15.6 Å². The van der Waals surface area contributed by atoms with Crippen LogP contribution < -0.4 is 15.6 Å². The maximum absolute atomic E-state index is 11.6. The van der Waals surface area contributed by atoms with Crippen molar-refractivity contribution >= 4 is 41.2 Å². The molecule has 0 atom stereocenters. The molecule has 21 heavy (non-hydrogen) atoms. The molecule has 0 heterocycles. The van der Waals surface area contributed by atoms with E-state index in [1.807, 2.05) is 91.0 Å². The zero-order valence-corrected chi connectivity index (χ0v) is 13.8. The Bertz CT molecular complexity index is 575. The fraction of sp³-hybridized carbons (Fsp3) is 0. The van der Waals surface area contributed by atoms with Crippen LogP contribution in [0.3, 0.4) is 0 Å². The molecule has 1 N–H and O–H groups in total. The Morgan fingerprint density at radius 2 is 0.714 bits per heavy atom. The zero-order valence-electron chi connectivity index (χ0n) is 11.7. The minimum atomic E-state index is -2.88. The van der Waals surface area contributed by atoms with E-state index in [1.165, 1.54) is 0 Å². The van der Waals surface area contributed by atoms with Gasteiger partial charge < -0.3 is 4.80 Å². The van der Waals surface area contributed by atoms with Crippen molar-refractivity contribution in [1.82, 2.24) is 0 Å². The van der Waals surface area contributed by atoms with Crippen LogP contribution in [0.2, 0.25) is 0 Å². The van der Waals surface area contributed by atoms with E-state index in [1.54, 1.807) is 0 Å². The first kappa shape index (κ1) is 15.8. The van der Waals surface area contributed by atoms with E-state index >= 15 is 0 Å². The van der Waals surface area contributed by atoms with Gasteiger partial charge in [0.15, 0.2) is 0 Å². The topological polar surface area (TPSA) is 20.2 Å². The predicted octanol–water partition coefficient (Wildman–Crippen LogP) is 1.27. The molecule has 3 aromatic carbocycles. The second-order valence-electron chi connectivity index (χ2n) is 4.81. The van der Waals surface area contributed by atoms with E-state index < -0.39 is 8.32 Å². The Hall–Kier alpha value is -1.63. The monoisotopic (exact) mass is 303 g/mol. The van der Waals surface area contributed by atoms with Crippen molar-refractivity contribution in [3.63, 3.8) is 0 Å². The van der Waals surface area contributed by atoms with Crippen LogP contribution in [0.5, 0.6) is 0 Å². The summed E-state index contributed by atoms with van der Waals surface area (Å²) in [6.07, 6.45) is 0. The third-order valence-corrected chi connectivity index (χ3v) is 7.08. The van der Waals surface area contributed by atoms with Gasteiger partial charge in [-0.15, -0.1) is 0 Å². The maximum atomic E-state index is 11.6. The van der Waals surface area contributed by atoms with Crippen LogP contribution in [-0.2, 0) is 0 Å². The molecule has 1 nitrogen and oxygen atoms in total. The average Bonchev–Trinajstić information content (AvgIpc) is 2.56. The van der Waals surface area contributed by atoms with E-state index in [0.29, 0.717) is 0 Å². The normalized spacial score (nSPS) is 10.7. The summed E-state index contributed by atoms with van der Waals surface area (Å²) in [6.45, 7) is 0. The molecular weight excluding hydrogens is 287 g/mol. The van der Waals surface area contributed by atoms with E-state index in [0.717, 1.165) is 15.6 Å². The van der Waals surface area contributed by atoms with Gasteiger partial charge in [0.1, 0.15) is 0 Å². The summed E-state index contributed by atoms with van der Waals surface area (Å²) in [4.78, 5) is 11.6. The van der Waals surface area contributed by atoms with Gasteiger partial charge in [0, 0.05) is 0 Å². The third-order valence-electron chi connectivity index (χ3n) is 3.57. The van der Waals surface area contributed by atoms with E-state index in [9.17, 15) is 4.80 Å². The minimum absolute atomic E-state index is 0. The molecule has 3 rings (SSSR count). The maximum Gasteiger partial charge on any atom is 3.00 e. The molecule has 0 aromatic heterocycles. The molecule has 0 amide bonds. The second-order valence-corrected chi connectivity index (χ2v) is 7.96. The van der Waals surface area contributed by atoms with Gasteiger partial charge >= 0.3 is 17.4 Å². The van der Waals surface area contributed by atoms with Crippen molar-refractivity contribution in [3.8, 4) is 0 Å². The Balaban J connectivity index is 0.00000161. The van der Waals surface area contributed by atoms with Gasteiger partial charge in [0.05, 0.1) is 0 Å². The van der Waals surface area contributed by atoms with Crippen LogP contribution in [0.1, 0.15) is 0 Å². The van der Waals surface area contributed by atoms with Crippen LogP contribution in [0.4, 0.5) is 0 Å². The SMILES string of the molecule is O[Si](c1ccccc1)(c1ccccc1)c1ccccc1.[Al+3]. The van der Waals surface area contributed by atoms with Crippen LogP contribution >= 0.6 is 0 Å². The van der Waals surface area contributed by atoms with Gasteiger partial charge in [-0.2, -0.15) is 0 Å². The number of benzene rings is 3. The largest absolute Gasteiger partial charge is 3.00 e. The summed E-state index contributed by atoms with van der Waals surface area (Å²) < 4.78 is 0. The predicted molar refractivity (Wildman–Crippen MR) is 92.0 cm³/mol. The first-order chi connectivity index (χ1) is 9.82.